The average molecular weight is 267 g/mol. The number of hydrogen-bond donors (Lipinski definition) is 2. The number of hydrogen-bond acceptors (Lipinski definition) is 4. The zero-order valence-corrected chi connectivity index (χ0v) is 11.1. The van der Waals surface area contributed by atoms with Gasteiger partial charge in [0.15, 0.2) is 0 Å². The Bertz CT molecular complexity index is 394. The zero-order valence-electron chi connectivity index (χ0n) is 10.3. The lowest BCUT2D eigenvalue weighted by molar-refractivity contribution is -0.128. The Morgan fingerprint density at radius 1 is 1.28 bits per heavy atom. The van der Waals surface area contributed by atoms with Crippen molar-refractivity contribution in [2.45, 2.75) is 18.6 Å². The van der Waals surface area contributed by atoms with E-state index in [9.17, 15) is 9.59 Å². The smallest absolute Gasteiger partial charge is 0.236 e. The molecule has 0 radical (unpaired) electrons. The number of carbonyl (C=O) groups excluding carboxylic acids is 2. The lowest BCUT2D eigenvalue weighted by Crippen LogP contribution is -2.33. The van der Waals surface area contributed by atoms with Gasteiger partial charge in [0.1, 0.15) is 0 Å². The van der Waals surface area contributed by atoms with Gasteiger partial charge < -0.3 is 5.11 Å². The van der Waals surface area contributed by atoms with Crippen molar-refractivity contribution in [3.05, 3.63) is 35.9 Å². The van der Waals surface area contributed by atoms with E-state index in [1.807, 2.05) is 37.3 Å². The lowest BCUT2D eigenvalue weighted by atomic mass is 10.1. The third-order valence-corrected chi connectivity index (χ3v) is 3.39. The van der Waals surface area contributed by atoms with E-state index < -0.39 is 0 Å². The summed E-state index contributed by atoms with van der Waals surface area (Å²) >= 11 is 1.32. The molecule has 0 spiro atoms. The molecule has 0 heterocycles. The van der Waals surface area contributed by atoms with Gasteiger partial charge in [0.25, 0.3) is 0 Å². The normalized spacial score (nSPS) is 11.9. The summed E-state index contributed by atoms with van der Waals surface area (Å²) < 4.78 is 0. The van der Waals surface area contributed by atoms with Crippen LogP contribution < -0.4 is 5.32 Å². The summed E-state index contributed by atoms with van der Waals surface area (Å²) in [5.41, 5.74) is 0.874. The molecule has 1 rings (SSSR count). The van der Waals surface area contributed by atoms with Crippen LogP contribution in [0.1, 0.15) is 12.5 Å². The van der Waals surface area contributed by atoms with Gasteiger partial charge in [0.05, 0.1) is 18.8 Å². The highest BCUT2D eigenvalue weighted by Crippen LogP contribution is 2.08. The van der Waals surface area contributed by atoms with Crippen LogP contribution in [0.25, 0.3) is 0 Å². The van der Waals surface area contributed by atoms with Crippen molar-refractivity contribution >= 4 is 23.6 Å². The Kier molecular flexibility index (Phi) is 6.46. The van der Waals surface area contributed by atoms with Crippen molar-refractivity contribution in [3.63, 3.8) is 0 Å². The third-order valence-electron chi connectivity index (χ3n) is 2.24. The molecule has 0 aliphatic carbocycles. The molecule has 18 heavy (non-hydrogen) atoms. The molecule has 0 aliphatic heterocycles. The van der Waals surface area contributed by atoms with Crippen LogP contribution in [0.15, 0.2) is 30.3 Å². The molecule has 1 aromatic carbocycles. The van der Waals surface area contributed by atoms with Crippen LogP contribution in [-0.2, 0) is 16.0 Å². The lowest BCUT2D eigenvalue weighted by Gasteiger charge is -2.07. The van der Waals surface area contributed by atoms with Gasteiger partial charge in [-0.15, -0.1) is 11.8 Å². The van der Waals surface area contributed by atoms with Gasteiger partial charge >= 0.3 is 0 Å². The molecule has 0 aromatic heterocycles. The maximum absolute atomic E-state index is 11.5. The Morgan fingerprint density at radius 3 is 2.56 bits per heavy atom. The van der Waals surface area contributed by atoms with Crippen molar-refractivity contribution in [2.24, 2.45) is 0 Å². The number of nitrogens with one attached hydrogen (secondary N) is 1. The van der Waals surface area contributed by atoms with Crippen LogP contribution in [-0.4, -0.2) is 34.5 Å². The highest BCUT2D eigenvalue weighted by Gasteiger charge is 2.10. The van der Waals surface area contributed by atoms with E-state index in [0.29, 0.717) is 0 Å². The molecule has 0 fully saturated rings. The molecule has 0 saturated carbocycles. The molecule has 1 atom stereocenters. The van der Waals surface area contributed by atoms with Crippen LogP contribution in [0, 0.1) is 0 Å². The maximum Gasteiger partial charge on any atom is 0.236 e. The molecular weight excluding hydrogens is 250 g/mol. The molecule has 0 bridgehead atoms. The first-order valence-corrected chi connectivity index (χ1v) is 6.75. The van der Waals surface area contributed by atoms with E-state index in [4.69, 9.17) is 5.11 Å². The molecule has 5 heteroatoms. The molecule has 0 aliphatic rings. The second kappa shape index (κ2) is 7.89. The van der Waals surface area contributed by atoms with E-state index in [0.717, 1.165) is 5.56 Å². The summed E-state index contributed by atoms with van der Waals surface area (Å²) in [6, 6.07) is 9.26. The predicted octanol–water partition coefficient (Wildman–Crippen LogP) is 0.986. The first kappa shape index (κ1) is 14.7. The van der Waals surface area contributed by atoms with Crippen LogP contribution >= 0.6 is 11.8 Å². The standard InChI is InChI=1S/C13H17NO3S/c1-10(8-15)18-9-13(17)14-12(16)7-11-5-3-2-4-6-11/h2-6,10,15H,7-9H2,1H3,(H,14,16,17). The molecular formula is C13H17NO3S. The van der Waals surface area contributed by atoms with E-state index in [-0.39, 0.29) is 35.8 Å². The van der Waals surface area contributed by atoms with Gasteiger partial charge in [-0.3, -0.25) is 14.9 Å². The summed E-state index contributed by atoms with van der Waals surface area (Å²) in [5.74, 6) is -0.438. The average Bonchev–Trinajstić information content (AvgIpc) is 2.37. The summed E-state index contributed by atoms with van der Waals surface area (Å²) in [6.45, 7) is 1.85. The highest BCUT2D eigenvalue weighted by molar-refractivity contribution is 8.00. The topological polar surface area (TPSA) is 66.4 Å². The van der Waals surface area contributed by atoms with Crippen molar-refractivity contribution in [2.75, 3.05) is 12.4 Å². The maximum atomic E-state index is 11.5. The Morgan fingerprint density at radius 2 is 1.94 bits per heavy atom. The van der Waals surface area contributed by atoms with Gasteiger partial charge in [-0.25, -0.2) is 0 Å². The van der Waals surface area contributed by atoms with Gasteiger partial charge in [-0.05, 0) is 5.56 Å². The monoisotopic (exact) mass is 267 g/mol. The van der Waals surface area contributed by atoms with Gasteiger partial charge in [-0.2, -0.15) is 0 Å². The van der Waals surface area contributed by atoms with Crippen molar-refractivity contribution in [1.82, 2.24) is 5.32 Å². The van der Waals surface area contributed by atoms with Gasteiger partial charge in [0.2, 0.25) is 11.8 Å². The minimum Gasteiger partial charge on any atom is -0.395 e. The number of carbonyl (C=O) groups is 2. The Balaban J connectivity index is 2.30. The summed E-state index contributed by atoms with van der Waals surface area (Å²) in [6.07, 6.45) is 0.201. The molecule has 2 amide bonds. The van der Waals surface area contributed by atoms with Gasteiger partial charge in [-0.1, -0.05) is 37.3 Å². The summed E-state index contributed by atoms with van der Waals surface area (Å²) in [7, 11) is 0. The van der Waals surface area contributed by atoms with Crippen molar-refractivity contribution in [3.8, 4) is 0 Å². The summed E-state index contributed by atoms with van der Waals surface area (Å²) in [5, 5.41) is 11.1. The van der Waals surface area contributed by atoms with Crippen LogP contribution in [0.4, 0.5) is 0 Å². The fraction of sp³-hybridized carbons (Fsp3) is 0.385. The largest absolute Gasteiger partial charge is 0.395 e. The quantitative estimate of drug-likeness (QED) is 0.806. The third kappa shape index (κ3) is 5.84. The first-order chi connectivity index (χ1) is 8.61. The molecule has 98 valence electrons. The molecule has 1 aromatic rings. The number of aliphatic hydroxyl groups excluding tert-OH is 1. The molecule has 2 N–H and O–H groups in total. The first-order valence-electron chi connectivity index (χ1n) is 5.71. The number of thioether (sulfide) groups is 1. The number of rotatable bonds is 6. The van der Waals surface area contributed by atoms with E-state index in [2.05, 4.69) is 5.32 Å². The SMILES string of the molecule is CC(CO)SCC(=O)NC(=O)Cc1ccccc1. The molecule has 0 saturated heterocycles. The van der Waals surface area contributed by atoms with Crippen LogP contribution in [0.2, 0.25) is 0 Å². The van der Waals surface area contributed by atoms with Crippen molar-refractivity contribution in [1.29, 1.82) is 0 Å². The summed E-state index contributed by atoms with van der Waals surface area (Å²) in [4.78, 5) is 23.0. The second-order valence-corrected chi connectivity index (χ2v) is 5.36. The fourth-order valence-electron chi connectivity index (χ4n) is 1.29. The minimum absolute atomic E-state index is 0.0000228. The molecule has 1 unspecified atom stereocenters. The number of aliphatic hydroxyl groups is 1. The van der Waals surface area contributed by atoms with Crippen LogP contribution in [0.5, 0.6) is 0 Å². The van der Waals surface area contributed by atoms with E-state index in [1.54, 1.807) is 0 Å². The number of amides is 2. The number of imide groups is 1. The van der Waals surface area contributed by atoms with E-state index >= 15 is 0 Å². The zero-order chi connectivity index (χ0) is 13.4. The Hall–Kier alpha value is -1.33. The number of benzene rings is 1. The minimum atomic E-state index is -0.318. The van der Waals surface area contributed by atoms with Crippen molar-refractivity contribution < 1.29 is 14.7 Å². The predicted molar refractivity (Wildman–Crippen MR) is 72.3 cm³/mol. The fourth-order valence-corrected chi connectivity index (χ4v) is 1.90. The van der Waals surface area contributed by atoms with Gasteiger partial charge in [0, 0.05) is 5.25 Å². The Labute approximate surface area is 111 Å². The van der Waals surface area contributed by atoms with E-state index in [1.165, 1.54) is 11.8 Å². The second-order valence-electron chi connectivity index (χ2n) is 3.94. The van der Waals surface area contributed by atoms with Crippen LogP contribution in [0.3, 0.4) is 0 Å². The molecule has 4 nitrogen and oxygen atoms in total. The highest BCUT2D eigenvalue weighted by atomic mass is 32.2.